The lowest BCUT2D eigenvalue weighted by molar-refractivity contribution is -0.140. The number of hydrogen-bond donors (Lipinski definition) is 1. The minimum atomic E-state index is -0.823. The zero-order valence-electron chi connectivity index (χ0n) is 18.9. The highest BCUT2D eigenvalue weighted by Gasteiger charge is 2.45. The number of Topliss-reactive ketones (excluding diaryl/α,β-unsaturated/α-hetero) is 1. The van der Waals surface area contributed by atoms with Gasteiger partial charge < -0.3 is 29.0 Å². The zero-order valence-corrected chi connectivity index (χ0v) is 18.9. The van der Waals surface area contributed by atoms with Crippen LogP contribution in [0.5, 0.6) is 17.2 Å². The molecule has 34 heavy (non-hydrogen) atoms. The van der Waals surface area contributed by atoms with E-state index in [2.05, 4.69) is 0 Å². The number of aliphatic hydroxyl groups is 1. The largest absolute Gasteiger partial charge is 0.507 e. The number of aliphatic hydroxyl groups excluding tert-OH is 1. The minimum absolute atomic E-state index is 0.0284. The third kappa shape index (κ3) is 4.60. The molecule has 1 saturated heterocycles. The molecule has 2 heterocycles. The number of carbonyl (C=O) groups excluding carboxylic acids is 3. The lowest BCUT2D eigenvalue weighted by Crippen LogP contribution is -2.31. The highest BCUT2D eigenvalue weighted by Crippen LogP contribution is 2.41. The molecular weight excluding hydrogens is 442 g/mol. The van der Waals surface area contributed by atoms with Crippen LogP contribution in [0.25, 0.3) is 5.76 Å². The van der Waals surface area contributed by atoms with Crippen molar-refractivity contribution in [3.8, 4) is 17.2 Å². The van der Waals surface area contributed by atoms with E-state index in [-0.39, 0.29) is 17.9 Å². The minimum Gasteiger partial charge on any atom is -0.507 e. The number of amides is 1. The van der Waals surface area contributed by atoms with Crippen molar-refractivity contribution in [2.75, 3.05) is 33.5 Å². The predicted molar refractivity (Wildman–Crippen MR) is 121 cm³/mol. The van der Waals surface area contributed by atoms with Crippen molar-refractivity contribution >= 4 is 23.4 Å². The van der Waals surface area contributed by atoms with Crippen LogP contribution < -0.4 is 14.2 Å². The van der Waals surface area contributed by atoms with Crippen molar-refractivity contribution in [2.45, 2.75) is 19.4 Å². The van der Waals surface area contributed by atoms with Crippen LogP contribution in [0.2, 0.25) is 0 Å². The number of rotatable bonds is 7. The van der Waals surface area contributed by atoms with E-state index in [1.165, 1.54) is 11.8 Å². The van der Waals surface area contributed by atoms with E-state index < -0.39 is 23.7 Å². The maximum absolute atomic E-state index is 13.1. The summed E-state index contributed by atoms with van der Waals surface area (Å²) in [7, 11) is 1.56. The van der Waals surface area contributed by atoms with E-state index in [1.807, 2.05) is 0 Å². The van der Waals surface area contributed by atoms with E-state index in [4.69, 9.17) is 18.9 Å². The molecule has 0 radical (unpaired) electrons. The van der Waals surface area contributed by atoms with Gasteiger partial charge in [0.2, 0.25) is 0 Å². The molecule has 9 heteroatoms. The number of esters is 1. The molecule has 1 atom stereocenters. The number of carbonyl (C=O) groups is 3. The summed E-state index contributed by atoms with van der Waals surface area (Å²) in [6.45, 7) is 2.76. The third-order valence-electron chi connectivity index (χ3n) is 5.56. The van der Waals surface area contributed by atoms with Crippen LogP contribution in [0.15, 0.2) is 48.0 Å². The first-order valence-corrected chi connectivity index (χ1v) is 10.9. The number of likely N-dealkylation sites (tertiary alicyclic amines) is 1. The molecule has 2 aliphatic heterocycles. The van der Waals surface area contributed by atoms with E-state index in [9.17, 15) is 19.5 Å². The lowest BCUT2D eigenvalue weighted by atomic mass is 9.95. The number of ketones is 1. The molecule has 0 bridgehead atoms. The van der Waals surface area contributed by atoms with E-state index in [0.29, 0.717) is 54.6 Å². The molecule has 0 aliphatic carbocycles. The normalized spacial score (nSPS) is 18.8. The topological polar surface area (TPSA) is 112 Å². The standard InChI is InChI=1S/C25H25NO8/c1-15(27)34-18-7-4-16(5-8-18)22-21(24(29)25(30)26(22)10-3-11-31-2)23(28)17-6-9-19-20(14-17)33-13-12-32-19/h4-9,14,22,28H,3,10-13H2,1-2H3/b23-21-. The van der Waals surface area contributed by atoms with Crippen LogP contribution in [-0.4, -0.2) is 61.1 Å². The molecule has 2 aromatic carbocycles. The van der Waals surface area contributed by atoms with Gasteiger partial charge in [-0.25, -0.2) is 0 Å². The van der Waals surface area contributed by atoms with E-state index >= 15 is 0 Å². The maximum atomic E-state index is 13.1. The highest BCUT2D eigenvalue weighted by atomic mass is 16.6. The molecule has 9 nitrogen and oxygen atoms in total. The van der Waals surface area contributed by atoms with Gasteiger partial charge in [0, 0.05) is 32.7 Å². The Balaban J connectivity index is 1.77. The summed E-state index contributed by atoms with van der Waals surface area (Å²) in [5.74, 6) is -0.925. The molecule has 1 amide bonds. The molecular formula is C25H25NO8. The number of fused-ring (bicyclic) bond motifs is 1. The van der Waals surface area contributed by atoms with Crippen molar-refractivity contribution in [2.24, 2.45) is 0 Å². The van der Waals surface area contributed by atoms with Crippen LogP contribution in [0.4, 0.5) is 0 Å². The van der Waals surface area contributed by atoms with Crippen LogP contribution >= 0.6 is 0 Å². The number of hydrogen-bond acceptors (Lipinski definition) is 8. The Hall–Kier alpha value is -3.85. The van der Waals surface area contributed by atoms with Gasteiger partial charge in [-0.1, -0.05) is 12.1 Å². The second-order valence-electron chi connectivity index (χ2n) is 7.86. The molecule has 0 spiro atoms. The fourth-order valence-corrected chi connectivity index (χ4v) is 4.07. The summed E-state index contributed by atoms with van der Waals surface area (Å²) in [6, 6.07) is 10.5. The van der Waals surface area contributed by atoms with Crippen LogP contribution in [0.1, 0.15) is 30.5 Å². The van der Waals surface area contributed by atoms with Crippen molar-refractivity contribution < 1.29 is 38.4 Å². The molecule has 1 N–H and O–H groups in total. The first kappa shape index (κ1) is 23.3. The lowest BCUT2D eigenvalue weighted by Gasteiger charge is -2.25. The summed E-state index contributed by atoms with van der Waals surface area (Å²) in [5, 5.41) is 11.2. The van der Waals surface area contributed by atoms with Crippen molar-refractivity contribution in [3.63, 3.8) is 0 Å². The molecule has 2 aliphatic rings. The second kappa shape index (κ2) is 9.96. The molecule has 2 aromatic rings. The fourth-order valence-electron chi connectivity index (χ4n) is 4.07. The van der Waals surface area contributed by atoms with Crippen LogP contribution in [-0.2, 0) is 19.1 Å². The predicted octanol–water partition coefficient (Wildman–Crippen LogP) is 2.84. The summed E-state index contributed by atoms with van der Waals surface area (Å²) in [6.07, 6.45) is 0.510. The average Bonchev–Trinajstić information content (AvgIpc) is 3.08. The van der Waals surface area contributed by atoms with Gasteiger partial charge in [0.25, 0.3) is 11.7 Å². The molecule has 1 unspecified atom stereocenters. The number of nitrogens with zero attached hydrogens (tertiary/aromatic N) is 1. The third-order valence-corrected chi connectivity index (χ3v) is 5.56. The SMILES string of the molecule is COCCCN1C(=O)C(=O)/C(=C(\O)c2ccc3c(c2)OCCO3)C1c1ccc(OC(C)=O)cc1. The van der Waals surface area contributed by atoms with Gasteiger partial charge in [0.05, 0.1) is 11.6 Å². The Morgan fingerprint density at radius 2 is 1.79 bits per heavy atom. The monoisotopic (exact) mass is 467 g/mol. The Bertz CT molecular complexity index is 1140. The molecule has 1 fully saturated rings. The Kier molecular flexibility index (Phi) is 6.83. The zero-order chi connectivity index (χ0) is 24.2. The fraction of sp³-hybridized carbons (Fsp3) is 0.320. The van der Waals surface area contributed by atoms with Gasteiger partial charge >= 0.3 is 5.97 Å². The van der Waals surface area contributed by atoms with E-state index in [1.54, 1.807) is 49.6 Å². The van der Waals surface area contributed by atoms with Gasteiger partial charge in [-0.3, -0.25) is 14.4 Å². The summed E-state index contributed by atoms with van der Waals surface area (Å²) < 4.78 is 21.3. The van der Waals surface area contributed by atoms with Gasteiger partial charge in [0.15, 0.2) is 11.5 Å². The molecule has 0 saturated carbocycles. The number of methoxy groups -OCH3 is 1. The van der Waals surface area contributed by atoms with Gasteiger partial charge in [-0.05, 0) is 42.3 Å². The first-order valence-electron chi connectivity index (χ1n) is 10.9. The van der Waals surface area contributed by atoms with Crippen LogP contribution in [0, 0.1) is 0 Å². The number of benzene rings is 2. The van der Waals surface area contributed by atoms with Gasteiger partial charge in [0.1, 0.15) is 24.7 Å². The Labute approximate surface area is 196 Å². The summed E-state index contributed by atoms with van der Waals surface area (Å²) in [5.41, 5.74) is 0.895. The van der Waals surface area contributed by atoms with E-state index in [0.717, 1.165) is 0 Å². The average molecular weight is 467 g/mol. The smallest absolute Gasteiger partial charge is 0.308 e. The summed E-state index contributed by atoms with van der Waals surface area (Å²) in [4.78, 5) is 38.7. The molecule has 0 aromatic heterocycles. The second-order valence-corrected chi connectivity index (χ2v) is 7.86. The highest BCUT2D eigenvalue weighted by molar-refractivity contribution is 6.46. The van der Waals surface area contributed by atoms with Crippen molar-refractivity contribution in [1.29, 1.82) is 0 Å². The molecule has 178 valence electrons. The maximum Gasteiger partial charge on any atom is 0.308 e. The first-order chi connectivity index (χ1) is 16.4. The Morgan fingerprint density at radius 1 is 1.09 bits per heavy atom. The Morgan fingerprint density at radius 3 is 2.47 bits per heavy atom. The summed E-state index contributed by atoms with van der Waals surface area (Å²) >= 11 is 0. The number of ether oxygens (including phenoxy) is 4. The van der Waals surface area contributed by atoms with Crippen LogP contribution in [0.3, 0.4) is 0 Å². The van der Waals surface area contributed by atoms with Gasteiger partial charge in [-0.15, -0.1) is 0 Å². The molecule has 4 rings (SSSR count). The van der Waals surface area contributed by atoms with Crippen molar-refractivity contribution in [3.05, 3.63) is 59.2 Å². The van der Waals surface area contributed by atoms with Gasteiger partial charge in [-0.2, -0.15) is 0 Å². The quantitative estimate of drug-likeness (QED) is 0.165. The van der Waals surface area contributed by atoms with Crippen molar-refractivity contribution in [1.82, 2.24) is 4.90 Å².